The van der Waals surface area contributed by atoms with Crippen LogP contribution in [0.25, 0.3) is 98.4 Å². The molecule has 0 amide bonds. The predicted octanol–water partition coefficient (Wildman–Crippen LogP) is 9.42. The number of nitrogens with zero attached hydrogens (tertiary/aromatic N) is 2. The van der Waals surface area contributed by atoms with E-state index in [0.29, 0.717) is 0 Å². The monoisotopic (exact) mass is 782 g/mol. The molecular formula is C48H37IN3-. The normalized spacial score (nSPS) is 12.6. The summed E-state index contributed by atoms with van der Waals surface area (Å²) in [7, 11) is 0. The molecule has 7 aromatic carbocycles. The van der Waals surface area contributed by atoms with Crippen LogP contribution in [-0.4, -0.2) is 13.2 Å². The van der Waals surface area contributed by atoms with Gasteiger partial charge in [0.05, 0.1) is 11.0 Å². The van der Waals surface area contributed by atoms with Crippen molar-refractivity contribution in [2.75, 3.05) is 10.2 Å². The Labute approximate surface area is 312 Å². The van der Waals surface area contributed by atoms with Crippen molar-refractivity contribution < 1.29 is 21.2 Å². The third kappa shape index (κ3) is 3.80. The van der Waals surface area contributed by atoms with Crippen LogP contribution in [0.3, 0.4) is 0 Å². The Morgan fingerprint density at radius 1 is 0.481 bits per heavy atom. The molecule has 0 aliphatic carbocycles. The number of rotatable bonds is 4. The van der Waals surface area contributed by atoms with Crippen LogP contribution in [0.4, 0.5) is 5.69 Å². The Morgan fingerprint density at radius 2 is 0.923 bits per heavy atom. The zero-order valence-electron chi connectivity index (χ0n) is 29.9. The fraction of sp³-hybridized carbons (Fsp3) is 0.125. The zero-order chi connectivity index (χ0) is 35.2. The van der Waals surface area contributed by atoms with Gasteiger partial charge in [0.2, 0.25) is 0 Å². The third-order valence-electron chi connectivity index (χ3n) is 11.7. The first-order chi connectivity index (χ1) is 25.3. The summed E-state index contributed by atoms with van der Waals surface area (Å²) in [4.78, 5) is 0. The van der Waals surface area contributed by atoms with Crippen LogP contribution in [0.5, 0.6) is 0 Å². The van der Waals surface area contributed by atoms with Gasteiger partial charge in [0, 0.05) is 16.5 Å². The molecule has 0 fully saturated rings. The summed E-state index contributed by atoms with van der Waals surface area (Å²) in [6, 6.07) is 41.6. The van der Waals surface area contributed by atoms with Crippen LogP contribution >= 0.6 is 0 Å². The molecule has 0 spiro atoms. The SMILES string of the molecule is CC[I-]c1cc(C)c(-c2ccc3c4cc5c(cc4n4c6ccccc6c2c34)c2ccc(-c3c(C)cc(N)cc3C)c3c4ccccc4n5c23)c(C)c1. The molecule has 0 aliphatic rings. The molecule has 11 aromatic rings. The molecule has 4 heterocycles. The van der Waals surface area contributed by atoms with E-state index in [1.54, 1.807) is 3.57 Å². The van der Waals surface area contributed by atoms with Crippen molar-refractivity contribution in [1.82, 2.24) is 8.80 Å². The molecule has 11 rings (SSSR count). The van der Waals surface area contributed by atoms with Gasteiger partial charge >= 0.3 is 196 Å². The van der Waals surface area contributed by atoms with E-state index in [9.17, 15) is 0 Å². The molecule has 0 aliphatic heterocycles. The number of aromatic nitrogens is 2. The molecular weight excluding hydrogens is 745 g/mol. The van der Waals surface area contributed by atoms with Gasteiger partial charge in [-0.15, -0.1) is 0 Å². The maximum atomic E-state index is 6.30. The van der Waals surface area contributed by atoms with Gasteiger partial charge in [-0.25, -0.2) is 0 Å². The van der Waals surface area contributed by atoms with E-state index in [4.69, 9.17) is 5.73 Å². The summed E-state index contributed by atoms with van der Waals surface area (Å²) in [5.74, 6) is 0. The Bertz CT molecular complexity index is 3260. The summed E-state index contributed by atoms with van der Waals surface area (Å²) in [6.45, 7) is 11.3. The fourth-order valence-electron chi connectivity index (χ4n) is 9.91. The molecule has 0 atom stereocenters. The van der Waals surface area contributed by atoms with Gasteiger partial charge in [-0.3, -0.25) is 0 Å². The molecule has 0 saturated heterocycles. The van der Waals surface area contributed by atoms with Crippen LogP contribution in [-0.2, 0) is 0 Å². The number of fused-ring (bicyclic) bond motifs is 12. The summed E-state index contributed by atoms with van der Waals surface area (Å²) < 4.78 is 7.90. The van der Waals surface area contributed by atoms with Crippen molar-refractivity contribution in [2.45, 2.75) is 34.6 Å². The number of nitrogen functional groups attached to an aromatic ring is 1. The zero-order valence-corrected chi connectivity index (χ0v) is 32.1. The number of nitrogens with two attached hydrogens (primary N) is 1. The quantitative estimate of drug-likeness (QED) is 0.108. The maximum absolute atomic E-state index is 6.30. The summed E-state index contributed by atoms with van der Waals surface area (Å²) >= 11 is 0.0555. The first-order valence-corrected chi connectivity index (χ1v) is 20.8. The number of alkyl halides is 1. The van der Waals surface area contributed by atoms with E-state index >= 15 is 0 Å². The van der Waals surface area contributed by atoms with Crippen molar-refractivity contribution in [1.29, 1.82) is 0 Å². The predicted molar refractivity (Wildman–Crippen MR) is 219 cm³/mol. The average molecular weight is 783 g/mol. The van der Waals surface area contributed by atoms with Crippen molar-refractivity contribution in [2.24, 2.45) is 0 Å². The van der Waals surface area contributed by atoms with Crippen molar-refractivity contribution in [3.05, 3.63) is 135 Å². The number of benzene rings is 7. The van der Waals surface area contributed by atoms with Crippen LogP contribution in [0.1, 0.15) is 29.2 Å². The second-order valence-corrected chi connectivity index (χ2v) is 18.2. The Balaban J connectivity index is 1.28. The van der Waals surface area contributed by atoms with Crippen molar-refractivity contribution in [3.63, 3.8) is 0 Å². The Hall–Kier alpha value is -5.33. The fourth-order valence-corrected chi connectivity index (χ4v) is 12.2. The number of halogens is 1. The van der Waals surface area contributed by atoms with E-state index < -0.39 is 0 Å². The molecule has 0 radical (unpaired) electrons. The standard InChI is InChI=1S/C48H37IN3/c1-6-49-29-19-25(2)43(26(3)20-29)35-17-15-31-37-23-42-38(24-41(37)51-39-13-9-7-11-33(39)45(35)47(31)51)32-16-18-36(44-27(4)21-30(50)22-28(44)5)46-34-12-8-10-14-40(34)52(42)48(32)46/h7-24H,6,50H2,1-5H3/q-1. The van der Waals surface area contributed by atoms with Crippen LogP contribution in [0.15, 0.2) is 109 Å². The van der Waals surface area contributed by atoms with Gasteiger partial charge in [0.25, 0.3) is 0 Å². The summed E-state index contributed by atoms with van der Waals surface area (Å²) in [5.41, 5.74) is 25.3. The minimum atomic E-state index is 0.0555. The summed E-state index contributed by atoms with van der Waals surface area (Å²) in [6.07, 6.45) is 0. The van der Waals surface area contributed by atoms with E-state index in [0.717, 1.165) is 5.69 Å². The van der Waals surface area contributed by atoms with Crippen molar-refractivity contribution in [3.8, 4) is 22.3 Å². The number of para-hydroxylation sites is 2. The number of hydrogen-bond donors (Lipinski definition) is 1. The van der Waals surface area contributed by atoms with Gasteiger partial charge in [0.1, 0.15) is 0 Å². The van der Waals surface area contributed by atoms with Crippen molar-refractivity contribution >= 4 is 81.9 Å². The van der Waals surface area contributed by atoms with Gasteiger partial charge in [-0.05, 0) is 54.3 Å². The first kappa shape index (κ1) is 30.3. The molecule has 52 heavy (non-hydrogen) atoms. The molecule has 252 valence electrons. The minimum absolute atomic E-state index is 0.0555. The van der Waals surface area contributed by atoms with E-state index in [-0.39, 0.29) is 21.2 Å². The van der Waals surface area contributed by atoms with Gasteiger partial charge < -0.3 is 5.73 Å². The van der Waals surface area contributed by atoms with Gasteiger partial charge in [0.15, 0.2) is 0 Å². The van der Waals surface area contributed by atoms with E-state index in [1.807, 2.05) is 0 Å². The molecule has 0 bridgehead atoms. The van der Waals surface area contributed by atoms with Gasteiger partial charge in [-0.2, -0.15) is 0 Å². The number of hydrogen-bond acceptors (Lipinski definition) is 1. The topological polar surface area (TPSA) is 34.8 Å². The Morgan fingerprint density at radius 3 is 1.38 bits per heavy atom. The number of anilines is 1. The Kier molecular flexibility index (Phi) is 6.19. The molecule has 0 unspecified atom stereocenters. The first-order valence-electron chi connectivity index (χ1n) is 18.2. The third-order valence-corrected chi connectivity index (χ3v) is 14.0. The second kappa shape index (κ2) is 10.6. The number of aryl methyl sites for hydroxylation is 4. The van der Waals surface area contributed by atoms with Crippen LogP contribution in [0.2, 0.25) is 0 Å². The van der Waals surface area contributed by atoms with Crippen LogP contribution in [0, 0.1) is 31.3 Å². The van der Waals surface area contributed by atoms with Gasteiger partial charge in [-0.1, -0.05) is 30.3 Å². The molecule has 3 nitrogen and oxygen atoms in total. The summed E-state index contributed by atoms with van der Waals surface area (Å²) in [5, 5.41) is 10.5. The average Bonchev–Trinajstić information content (AvgIpc) is 3.84. The van der Waals surface area contributed by atoms with E-state index in [1.165, 1.54) is 125 Å². The molecule has 0 saturated carbocycles. The van der Waals surface area contributed by atoms with E-state index in [2.05, 4.69) is 153 Å². The second-order valence-electron chi connectivity index (χ2n) is 14.7. The molecule has 2 N–H and O–H groups in total. The molecule has 4 aromatic heterocycles. The van der Waals surface area contributed by atoms with Crippen LogP contribution < -0.4 is 26.9 Å². The molecule has 4 heteroatoms.